The normalized spacial score (nSPS) is 20.6. The molecule has 0 radical (unpaired) electrons. The number of carbonyl (C=O) groups excluding carboxylic acids is 1. The number of carbonyl (C=O) groups is 1. The van der Waals surface area contributed by atoms with Crippen LogP contribution in [0.1, 0.15) is 40.5 Å². The van der Waals surface area contributed by atoms with E-state index >= 15 is 0 Å². The quantitative estimate of drug-likeness (QED) is 0.699. The Morgan fingerprint density at radius 3 is 2.36 bits per heavy atom. The van der Waals surface area contributed by atoms with Crippen LogP contribution < -0.4 is 10.6 Å². The van der Waals surface area contributed by atoms with Crippen LogP contribution in [0, 0.1) is 5.41 Å². The molecule has 0 aromatic rings. The zero-order valence-corrected chi connectivity index (χ0v) is 9.68. The smallest absolute Gasteiger partial charge is 0.234 e. The third-order valence-corrected chi connectivity index (χ3v) is 3.10. The summed E-state index contributed by atoms with van der Waals surface area (Å²) in [7, 11) is 0. The van der Waals surface area contributed by atoms with E-state index in [0.717, 1.165) is 0 Å². The van der Waals surface area contributed by atoms with Crippen LogP contribution in [0.25, 0.3) is 0 Å². The molecule has 1 fully saturated rings. The first kappa shape index (κ1) is 11.5. The molecule has 3 heteroatoms. The van der Waals surface area contributed by atoms with Crippen molar-refractivity contribution in [2.24, 2.45) is 5.41 Å². The summed E-state index contributed by atoms with van der Waals surface area (Å²) in [6.07, 6.45) is 2.57. The van der Waals surface area contributed by atoms with Gasteiger partial charge in [0.2, 0.25) is 5.91 Å². The van der Waals surface area contributed by atoms with Crippen LogP contribution in [0.2, 0.25) is 0 Å². The molecule has 0 aromatic heterocycles. The predicted molar refractivity (Wildman–Crippen MR) is 58.1 cm³/mol. The van der Waals surface area contributed by atoms with Crippen LogP contribution in [-0.4, -0.2) is 24.5 Å². The maximum atomic E-state index is 11.3. The van der Waals surface area contributed by atoms with Gasteiger partial charge in [-0.15, -0.1) is 0 Å². The van der Waals surface area contributed by atoms with Crippen LogP contribution >= 0.6 is 0 Å². The van der Waals surface area contributed by atoms with Gasteiger partial charge < -0.3 is 10.6 Å². The molecule has 1 aliphatic carbocycles. The zero-order chi connectivity index (χ0) is 10.8. The highest BCUT2D eigenvalue weighted by atomic mass is 16.1. The second-order valence-corrected chi connectivity index (χ2v) is 4.98. The molecule has 0 spiro atoms. The van der Waals surface area contributed by atoms with E-state index in [-0.39, 0.29) is 11.9 Å². The number of hydrogen-bond donors (Lipinski definition) is 2. The highest BCUT2D eigenvalue weighted by molar-refractivity contribution is 5.78. The second-order valence-electron chi connectivity index (χ2n) is 4.98. The lowest BCUT2D eigenvalue weighted by Gasteiger charge is -2.20. The van der Waals surface area contributed by atoms with Crippen molar-refractivity contribution in [2.45, 2.75) is 52.6 Å². The van der Waals surface area contributed by atoms with E-state index in [4.69, 9.17) is 0 Å². The topological polar surface area (TPSA) is 41.1 Å². The molecule has 0 saturated heterocycles. The highest BCUT2D eigenvalue weighted by Crippen LogP contribution is 2.47. The molecule has 0 heterocycles. The molecule has 3 nitrogen and oxygen atoms in total. The molecule has 1 aliphatic rings. The fraction of sp³-hybridized carbons (Fsp3) is 0.909. The van der Waals surface area contributed by atoms with E-state index in [9.17, 15) is 4.79 Å². The average Bonchev–Trinajstić information content (AvgIpc) is 2.79. The average molecular weight is 198 g/mol. The summed E-state index contributed by atoms with van der Waals surface area (Å²) >= 11 is 0. The summed E-state index contributed by atoms with van der Waals surface area (Å²) in [5, 5.41) is 6.15. The lowest BCUT2D eigenvalue weighted by atomic mass is 10.0. The summed E-state index contributed by atoms with van der Waals surface area (Å²) in [5.41, 5.74) is 0.443. The van der Waals surface area contributed by atoms with Crippen molar-refractivity contribution in [2.75, 3.05) is 6.54 Å². The van der Waals surface area contributed by atoms with Crippen molar-refractivity contribution < 1.29 is 4.79 Å². The third kappa shape index (κ3) is 3.29. The molecule has 1 unspecified atom stereocenters. The fourth-order valence-corrected chi connectivity index (χ4v) is 1.50. The molecule has 0 aliphatic heterocycles. The Bertz CT molecular complexity index is 209. The van der Waals surface area contributed by atoms with E-state index in [1.54, 1.807) is 0 Å². The van der Waals surface area contributed by atoms with Crippen molar-refractivity contribution in [3.8, 4) is 0 Å². The molecule has 1 rings (SSSR count). The van der Waals surface area contributed by atoms with Gasteiger partial charge in [0.05, 0.1) is 6.54 Å². The minimum atomic E-state index is 0.0936. The van der Waals surface area contributed by atoms with Gasteiger partial charge in [-0.1, -0.05) is 6.92 Å². The lowest BCUT2D eigenvalue weighted by Crippen LogP contribution is -2.43. The van der Waals surface area contributed by atoms with Crippen LogP contribution in [0.3, 0.4) is 0 Å². The number of amides is 1. The summed E-state index contributed by atoms with van der Waals surface area (Å²) in [6, 6.07) is 0.677. The molecular formula is C11H22N2O. The van der Waals surface area contributed by atoms with E-state index in [0.29, 0.717) is 18.0 Å². The zero-order valence-electron chi connectivity index (χ0n) is 9.68. The summed E-state index contributed by atoms with van der Waals surface area (Å²) in [4.78, 5) is 11.3. The fourth-order valence-electron chi connectivity index (χ4n) is 1.50. The summed E-state index contributed by atoms with van der Waals surface area (Å²) in [6.45, 7) is 8.82. The summed E-state index contributed by atoms with van der Waals surface area (Å²) in [5.74, 6) is 0.0936. The van der Waals surface area contributed by atoms with Gasteiger partial charge >= 0.3 is 0 Å². The first-order chi connectivity index (χ1) is 6.44. The molecular weight excluding hydrogens is 176 g/mol. The maximum Gasteiger partial charge on any atom is 0.234 e. The van der Waals surface area contributed by atoms with Gasteiger partial charge in [-0.3, -0.25) is 4.79 Å². The van der Waals surface area contributed by atoms with Crippen molar-refractivity contribution in [1.82, 2.24) is 10.6 Å². The molecule has 1 atom stereocenters. The SMILES string of the molecule is CC(C)NC(=O)CNC(C)C1(C)CC1. The van der Waals surface area contributed by atoms with Crippen molar-refractivity contribution >= 4 is 5.91 Å². The van der Waals surface area contributed by atoms with Crippen LogP contribution in [0.15, 0.2) is 0 Å². The van der Waals surface area contributed by atoms with Gasteiger partial charge in [0, 0.05) is 12.1 Å². The molecule has 0 aromatic carbocycles. The molecule has 0 bridgehead atoms. The van der Waals surface area contributed by atoms with Gasteiger partial charge in [0.1, 0.15) is 0 Å². The van der Waals surface area contributed by atoms with Gasteiger partial charge in [-0.05, 0) is 39.0 Å². The predicted octanol–water partition coefficient (Wildman–Crippen LogP) is 1.29. The van der Waals surface area contributed by atoms with Crippen LogP contribution in [-0.2, 0) is 4.79 Å². The Hall–Kier alpha value is -0.570. The second kappa shape index (κ2) is 4.30. The van der Waals surface area contributed by atoms with Crippen molar-refractivity contribution in [3.05, 3.63) is 0 Å². The Balaban J connectivity index is 2.16. The monoisotopic (exact) mass is 198 g/mol. The first-order valence-corrected chi connectivity index (χ1v) is 5.47. The van der Waals surface area contributed by atoms with Crippen LogP contribution in [0.5, 0.6) is 0 Å². The number of rotatable bonds is 5. The third-order valence-electron chi connectivity index (χ3n) is 3.10. The highest BCUT2D eigenvalue weighted by Gasteiger charge is 2.42. The van der Waals surface area contributed by atoms with E-state index in [2.05, 4.69) is 24.5 Å². The van der Waals surface area contributed by atoms with Crippen molar-refractivity contribution in [3.63, 3.8) is 0 Å². The number of nitrogens with one attached hydrogen (secondary N) is 2. The minimum Gasteiger partial charge on any atom is -0.353 e. The Morgan fingerprint density at radius 1 is 1.36 bits per heavy atom. The van der Waals surface area contributed by atoms with E-state index in [1.807, 2.05) is 13.8 Å². The number of hydrogen-bond acceptors (Lipinski definition) is 2. The minimum absolute atomic E-state index is 0.0936. The van der Waals surface area contributed by atoms with Crippen LogP contribution in [0.4, 0.5) is 0 Å². The van der Waals surface area contributed by atoms with Gasteiger partial charge in [-0.25, -0.2) is 0 Å². The Labute approximate surface area is 86.6 Å². The first-order valence-electron chi connectivity index (χ1n) is 5.47. The molecule has 14 heavy (non-hydrogen) atoms. The van der Waals surface area contributed by atoms with Gasteiger partial charge in [0.25, 0.3) is 0 Å². The molecule has 2 N–H and O–H groups in total. The molecule has 82 valence electrons. The largest absolute Gasteiger partial charge is 0.353 e. The summed E-state index contributed by atoms with van der Waals surface area (Å²) < 4.78 is 0. The maximum absolute atomic E-state index is 11.3. The Kier molecular flexibility index (Phi) is 3.53. The Morgan fingerprint density at radius 2 is 1.93 bits per heavy atom. The standard InChI is InChI=1S/C11H22N2O/c1-8(2)13-10(14)7-12-9(3)11(4)5-6-11/h8-9,12H,5-7H2,1-4H3,(H,13,14). The van der Waals surface area contributed by atoms with E-state index in [1.165, 1.54) is 12.8 Å². The van der Waals surface area contributed by atoms with Gasteiger partial charge in [-0.2, -0.15) is 0 Å². The van der Waals surface area contributed by atoms with E-state index < -0.39 is 0 Å². The molecule has 1 saturated carbocycles. The molecule has 1 amide bonds. The van der Waals surface area contributed by atoms with Gasteiger partial charge in [0.15, 0.2) is 0 Å². The van der Waals surface area contributed by atoms with Crippen molar-refractivity contribution in [1.29, 1.82) is 0 Å². The lowest BCUT2D eigenvalue weighted by molar-refractivity contribution is -0.120.